The third kappa shape index (κ3) is 2.74. The average molecular weight is 287 g/mol. The van der Waals surface area contributed by atoms with Crippen molar-refractivity contribution in [3.8, 4) is 0 Å². The van der Waals surface area contributed by atoms with Crippen LogP contribution in [-0.2, 0) is 4.74 Å². The van der Waals surface area contributed by atoms with Crippen molar-refractivity contribution in [3.63, 3.8) is 0 Å². The fraction of sp³-hybridized carbons (Fsp3) is 0.438. The minimum Gasteiger partial charge on any atom is -0.397 e. The first-order valence-corrected chi connectivity index (χ1v) is 7.43. The number of carbonyl (C=O) groups is 1. The van der Waals surface area contributed by atoms with E-state index >= 15 is 0 Å². The summed E-state index contributed by atoms with van der Waals surface area (Å²) < 4.78 is 5.39. The van der Waals surface area contributed by atoms with E-state index in [1.54, 1.807) is 0 Å². The highest BCUT2D eigenvalue weighted by Crippen LogP contribution is 2.22. The van der Waals surface area contributed by atoms with Crippen LogP contribution in [0.25, 0.3) is 10.9 Å². The Hall–Kier alpha value is -2.01. The van der Waals surface area contributed by atoms with Crippen molar-refractivity contribution in [2.24, 2.45) is 5.92 Å². The van der Waals surface area contributed by atoms with Crippen LogP contribution in [-0.4, -0.2) is 42.1 Å². The van der Waals surface area contributed by atoms with Gasteiger partial charge in [0.25, 0.3) is 5.91 Å². The number of fused-ring (bicyclic) bond motifs is 1. The van der Waals surface area contributed by atoms with Crippen LogP contribution in [0.15, 0.2) is 24.3 Å². The lowest BCUT2D eigenvalue weighted by Crippen LogP contribution is -2.35. The monoisotopic (exact) mass is 287 g/mol. The first-order chi connectivity index (χ1) is 10.2. The Kier molecular flexibility index (Phi) is 3.84. The normalized spacial score (nSPS) is 18.2. The van der Waals surface area contributed by atoms with Crippen molar-refractivity contribution >= 4 is 22.5 Å². The van der Waals surface area contributed by atoms with Crippen LogP contribution in [0, 0.1) is 5.92 Å². The number of carbonyl (C=O) groups excluding carboxylic acids is 1. The van der Waals surface area contributed by atoms with E-state index in [2.05, 4.69) is 4.98 Å². The highest BCUT2D eigenvalue weighted by molar-refractivity contribution is 6.00. The maximum atomic E-state index is 12.7. The average Bonchev–Trinajstić information content (AvgIpc) is 3.13. The van der Waals surface area contributed by atoms with Gasteiger partial charge in [-0.3, -0.25) is 4.79 Å². The van der Waals surface area contributed by atoms with Crippen LogP contribution in [0.4, 0.5) is 5.69 Å². The first kappa shape index (κ1) is 13.9. The fourth-order valence-electron chi connectivity index (χ4n) is 2.86. The zero-order valence-corrected chi connectivity index (χ0v) is 12.3. The second-order valence-corrected chi connectivity index (χ2v) is 5.57. The van der Waals surface area contributed by atoms with E-state index < -0.39 is 0 Å². The molecule has 1 aliphatic heterocycles. The number of nitrogens with zero attached hydrogens (tertiary/aromatic N) is 1. The van der Waals surface area contributed by atoms with Gasteiger partial charge in [0.1, 0.15) is 5.69 Å². The number of amides is 1. The maximum absolute atomic E-state index is 12.7. The number of aromatic amines is 1. The molecule has 1 unspecified atom stereocenters. The van der Waals surface area contributed by atoms with E-state index in [-0.39, 0.29) is 5.91 Å². The van der Waals surface area contributed by atoms with Crippen LogP contribution in [0.2, 0.25) is 0 Å². The number of rotatable bonds is 4. The molecule has 1 aliphatic rings. The molecule has 0 aliphatic carbocycles. The van der Waals surface area contributed by atoms with Crippen molar-refractivity contribution < 1.29 is 9.53 Å². The van der Waals surface area contributed by atoms with Gasteiger partial charge in [0.15, 0.2) is 0 Å². The van der Waals surface area contributed by atoms with Crippen molar-refractivity contribution in [1.29, 1.82) is 0 Å². The highest BCUT2D eigenvalue weighted by Gasteiger charge is 2.23. The largest absolute Gasteiger partial charge is 0.397 e. The number of para-hydroxylation sites is 1. The Morgan fingerprint density at radius 2 is 2.38 bits per heavy atom. The van der Waals surface area contributed by atoms with Gasteiger partial charge in [-0.15, -0.1) is 0 Å². The topological polar surface area (TPSA) is 71.3 Å². The van der Waals surface area contributed by atoms with Gasteiger partial charge in [-0.05, 0) is 25.5 Å². The summed E-state index contributed by atoms with van der Waals surface area (Å²) in [4.78, 5) is 17.7. The Labute approximate surface area is 124 Å². The molecule has 2 heterocycles. The molecule has 0 bridgehead atoms. The molecule has 112 valence electrons. The van der Waals surface area contributed by atoms with Crippen molar-refractivity contribution in [2.45, 2.75) is 13.3 Å². The van der Waals surface area contributed by atoms with Gasteiger partial charge in [0.05, 0.1) is 17.8 Å². The van der Waals surface area contributed by atoms with Crippen molar-refractivity contribution in [1.82, 2.24) is 9.88 Å². The fourth-order valence-corrected chi connectivity index (χ4v) is 2.86. The van der Waals surface area contributed by atoms with Crippen LogP contribution in [0.5, 0.6) is 0 Å². The maximum Gasteiger partial charge on any atom is 0.270 e. The number of hydrogen-bond acceptors (Lipinski definition) is 3. The number of nitrogens with two attached hydrogens (primary N) is 1. The lowest BCUT2D eigenvalue weighted by atomic mass is 10.1. The summed E-state index contributed by atoms with van der Waals surface area (Å²) in [6.07, 6.45) is 1.03. The Morgan fingerprint density at radius 1 is 1.52 bits per heavy atom. The number of benzene rings is 1. The van der Waals surface area contributed by atoms with Gasteiger partial charge in [-0.1, -0.05) is 12.1 Å². The molecule has 0 radical (unpaired) electrons. The molecule has 1 saturated heterocycles. The molecule has 21 heavy (non-hydrogen) atoms. The zero-order valence-electron chi connectivity index (χ0n) is 12.3. The van der Waals surface area contributed by atoms with E-state index in [1.165, 1.54) is 0 Å². The number of H-pyrrole nitrogens is 1. The van der Waals surface area contributed by atoms with Crippen LogP contribution in [0.3, 0.4) is 0 Å². The van der Waals surface area contributed by atoms with Gasteiger partial charge in [0.2, 0.25) is 0 Å². The molecule has 3 rings (SSSR count). The van der Waals surface area contributed by atoms with Gasteiger partial charge in [0, 0.05) is 31.0 Å². The summed E-state index contributed by atoms with van der Waals surface area (Å²) >= 11 is 0. The molecule has 2 aromatic rings. The van der Waals surface area contributed by atoms with Crippen LogP contribution in [0.1, 0.15) is 23.8 Å². The first-order valence-electron chi connectivity index (χ1n) is 7.43. The summed E-state index contributed by atoms with van der Waals surface area (Å²) in [5.74, 6) is 0.475. The number of nitrogen functional groups attached to an aromatic ring is 1. The van der Waals surface area contributed by atoms with E-state index in [1.807, 2.05) is 36.1 Å². The molecule has 0 spiro atoms. The SMILES string of the molecule is CCN(CC1CCOC1)C(=O)c1cc2cccc(N)c2[nH]1. The Bertz CT molecular complexity index is 644. The number of ether oxygens (including phenoxy) is 1. The van der Waals surface area contributed by atoms with Gasteiger partial charge in [-0.2, -0.15) is 0 Å². The molecule has 0 saturated carbocycles. The van der Waals surface area contributed by atoms with Gasteiger partial charge < -0.3 is 20.4 Å². The second-order valence-electron chi connectivity index (χ2n) is 5.57. The number of hydrogen-bond donors (Lipinski definition) is 2. The molecule has 1 aromatic carbocycles. The molecular weight excluding hydrogens is 266 g/mol. The van der Waals surface area contributed by atoms with E-state index in [9.17, 15) is 4.79 Å². The van der Waals surface area contributed by atoms with Crippen molar-refractivity contribution in [3.05, 3.63) is 30.0 Å². The summed E-state index contributed by atoms with van der Waals surface area (Å²) in [7, 11) is 0. The predicted molar refractivity (Wildman–Crippen MR) is 83.2 cm³/mol. The Morgan fingerprint density at radius 3 is 3.05 bits per heavy atom. The third-order valence-electron chi connectivity index (χ3n) is 4.09. The minimum absolute atomic E-state index is 0.0278. The second kappa shape index (κ2) is 5.77. The predicted octanol–water partition coefficient (Wildman–Crippen LogP) is 2.25. The van der Waals surface area contributed by atoms with Crippen LogP contribution < -0.4 is 5.73 Å². The molecule has 1 amide bonds. The lowest BCUT2D eigenvalue weighted by Gasteiger charge is -2.23. The minimum atomic E-state index is 0.0278. The molecule has 1 atom stereocenters. The van der Waals surface area contributed by atoms with Gasteiger partial charge in [-0.25, -0.2) is 0 Å². The van der Waals surface area contributed by atoms with E-state index in [0.717, 1.165) is 37.1 Å². The molecule has 5 nitrogen and oxygen atoms in total. The summed E-state index contributed by atoms with van der Waals surface area (Å²) in [6.45, 7) is 5.01. The van der Waals surface area contributed by atoms with E-state index in [0.29, 0.717) is 23.8 Å². The quantitative estimate of drug-likeness (QED) is 0.847. The molecule has 1 aromatic heterocycles. The zero-order chi connectivity index (χ0) is 14.8. The van der Waals surface area contributed by atoms with Crippen LogP contribution >= 0.6 is 0 Å². The third-order valence-corrected chi connectivity index (χ3v) is 4.09. The Balaban J connectivity index is 1.82. The van der Waals surface area contributed by atoms with E-state index in [4.69, 9.17) is 10.5 Å². The lowest BCUT2D eigenvalue weighted by molar-refractivity contribution is 0.0726. The standard InChI is InChI=1S/C16H21N3O2/c1-2-19(9-11-6-7-21-10-11)16(20)14-8-12-4-3-5-13(17)15(12)18-14/h3-5,8,11,18H,2,6-7,9-10,17H2,1H3. The summed E-state index contributed by atoms with van der Waals surface area (Å²) in [5, 5.41) is 0.971. The smallest absolute Gasteiger partial charge is 0.270 e. The summed E-state index contributed by atoms with van der Waals surface area (Å²) in [5.41, 5.74) is 8.04. The number of nitrogens with one attached hydrogen (secondary N) is 1. The molecule has 3 N–H and O–H groups in total. The summed E-state index contributed by atoms with van der Waals surface area (Å²) in [6, 6.07) is 7.57. The van der Waals surface area contributed by atoms with Gasteiger partial charge >= 0.3 is 0 Å². The molecular formula is C16H21N3O2. The number of anilines is 1. The number of aromatic nitrogens is 1. The molecule has 1 fully saturated rings. The highest BCUT2D eigenvalue weighted by atomic mass is 16.5. The van der Waals surface area contributed by atoms with Crippen molar-refractivity contribution in [2.75, 3.05) is 32.0 Å². The molecule has 5 heteroatoms.